The van der Waals surface area contributed by atoms with Crippen molar-refractivity contribution in [1.29, 1.82) is 0 Å². The first kappa shape index (κ1) is 26.3. The number of carbonyl (C=O) groups excluding carboxylic acids is 1. The Morgan fingerprint density at radius 1 is 1.05 bits per heavy atom. The molecule has 1 aliphatic carbocycles. The molecule has 202 valence electrons. The molecule has 0 radical (unpaired) electrons. The third-order valence-corrected chi connectivity index (χ3v) is 7.17. The molecule has 6 nitrogen and oxygen atoms in total. The molecule has 0 saturated heterocycles. The van der Waals surface area contributed by atoms with Crippen molar-refractivity contribution in [2.24, 2.45) is 5.92 Å². The first-order valence-corrected chi connectivity index (χ1v) is 12.6. The van der Waals surface area contributed by atoms with Crippen molar-refractivity contribution < 1.29 is 27.4 Å². The van der Waals surface area contributed by atoms with Gasteiger partial charge < -0.3 is 15.3 Å². The van der Waals surface area contributed by atoms with Gasteiger partial charge in [0.05, 0.1) is 7.11 Å². The highest BCUT2D eigenvalue weighted by molar-refractivity contribution is 6.03. The molecular weight excluding hydrogens is 507 g/mol. The molecule has 0 bridgehead atoms. The zero-order chi connectivity index (χ0) is 28.1. The van der Waals surface area contributed by atoms with Gasteiger partial charge in [-0.15, -0.1) is 0 Å². The number of anilines is 1. The second kappa shape index (κ2) is 9.80. The fourth-order valence-corrected chi connectivity index (χ4v) is 5.01. The number of halogens is 3. The van der Waals surface area contributed by atoms with E-state index >= 15 is 4.39 Å². The average Bonchev–Trinajstić information content (AvgIpc) is 3.70. The van der Waals surface area contributed by atoms with E-state index in [2.05, 4.69) is 10.3 Å². The predicted molar refractivity (Wildman–Crippen MR) is 142 cm³/mol. The average molecular weight is 536 g/mol. The highest BCUT2D eigenvalue weighted by atomic mass is 19.3. The number of rotatable bonds is 7. The highest BCUT2D eigenvalue weighted by Crippen LogP contribution is 2.50. The second-order valence-electron chi connectivity index (χ2n) is 9.97. The number of benzene rings is 3. The van der Waals surface area contributed by atoms with Crippen LogP contribution in [-0.2, 0) is 5.92 Å². The molecule has 0 unspecified atom stereocenters. The van der Waals surface area contributed by atoms with Crippen LogP contribution < -0.4 is 14.8 Å². The Balaban J connectivity index is 1.52. The van der Waals surface area contributed by atoms with Crippen molar-refractivity contribution in [3.63, 3.8) is 0 Å². The summed E-state index contributed by atoms with van der Waals surface area (Å²) in [5.41, 5.74) is 3.12. The summed E-state index contributed by atoms with van der Waals surface area (Å²) in [6, 6.07) is 13.9. The number of alkyl halides is 2. The summed E-state index contributed by atoms with van der Waals surface area (Å²) in [6.45, 7) is 5.36. The molecule has 1 amide bonds. The molecule has 2 N–H and O–H groups in total. The standard InChI is InChI=1S/C30H28F3N3O3/c1-16-7-5-8-17(2)26(16)23-14-22(24(31)15-25(23)39-4)28-34-18(3)27(36(28)38)29(37)35-21-10-6-9-20(13-21)30(32,33)19-11-12-19/h5-10,13-15,19,34H,11-12H2,1-4H3,(H,35,37). The Bertz CT molecular complexity index is 1570. The quantitative estimate of drug-likeness (QED) is 0.202. The third-order valence-electron chi connectivity index (χ3n) is 7.17. The van der Waals surface area contributed by atoms with Gasteiger partial charge in [0.15, 0.2) is 5.69 Å². The van der Waals surface area contributed by atoms with E-state index < -0.39 is 23.6 Å². The number of H-pyrrole nitrogens is 1. The number of aromatic nitrogens is 2. The van der Waals surface area contributed by atoms with Gasteiger partial charge in [0.1, 0.15) is 17.1 Å². The van der Waals surface area contributed by atoms with Gasteiger partial charge in [-0.25, -0.2) is 22.9 Å². The summed E-state index contributed by atoms with van der Waals surface area (Å²) in [5, 5.41) is 15.9. The normalized spacial score (nSPS) is 13.4. The van der Waals surface area contributed by atoms with E-state index in [0.29, 0.717) is 28.9 Å². The number of nitrogens with one attached hydrogen (secondary N) is 2. The number of aryl methyl sites for hydroxylation is 3. The molecule has 1 aliphatic rings. The fraction of sp³-hybridized carbons (Fsp3) is 0.267. The molecule has 0 atom stereocenters. The number of aromatic amines is 1. The number of imidazole rings is 1. The van der Waals surface area contributed by atoms with Crippen LogP contribution in [0.2, 0.25) is 0 Å². The minimum Gasteiger partial charge on any atom is -0.710 e. The molecule has 1 saturated carbocycles. The van der Waals surface area contributed by atoms with Crippen molar-refractivity contribution in [3.05, 3.63) is 93.7 Å². The first-order chi connectivity index (χ1) is 18.5. The Hall–Kier alpha value is -4.27. The van der Waals surface area contributed by atoms with Crippen molar-refractivity contribution in [2.75, 3.05) is 12.4 Å². The lowest BCUT2D eigenvalue weighted by molar-refractivity contribution is -0.594. The maximum absolute atomic E-state index is 15.3. The van der Waals surface area contributed by atoms with Crippen LogP contribution in [-0.4, -0.2) is 18.0 Å². The lowest BCUT2D eigenvalue weighted by Crippen LogP contribution is -2.36. The minimum absolute atomic E-state index is 0.0447. The van der Waals surface area contributed by atoms with Gasteiger partial charge in [0.2, 0.25) is 5.69 Å². The lowest BCUT2D eigenvalue weighted by atomic mass is 9.93. The number of carbonyl (C=O) groups is 1. The maximum Gasteiger partial charge on any atom is 0.300 e. The summed E-state index contributed by atoms with van der Waals surface area (Å²) in [5.74, 6) is -5.07. The largest absolute Gasteiger partial charge is 0.710 e. The number of methoxy groups -OCH3 is 1. The molecule has 9 heteroatoms. The van der Waals surface area contributed by atoms with Gasteiger partial charge in [0, 0.05) is 35.7 Å². The molecule has 5 rings (SSSR count). The molecule has 1 heterocycles. The molecule has 1 fully saturated rings. The van der Waals surface area contributed by atoms with E-state index in [0.717, 1.165) is 16.7 Å². The van der Waals surface area contributed by atoms with Crippen LogP contribution in [0.4, 0.5) is 18.9 Å². The smallest absolute Gasteiger partial charge is 0.300 e. The first-order valence-electron chi connectivity index (χ1n) is 12.6. The molecule has 4 aromatic rings. The molecular formula is C30H28F3N3O3. The maximum atomic E-state index is 15.3. The fourth-order valence-electron chi connectivity index (χ4n) is 5.01. The van der Waals surface area contributed by atoms with E-state index in [4.69, 9.17) is 4.74 Å². The molecule has 3 aromatic carbocycles. The summed E-state index contributed by atoms with van der Waals surface area (Å²) in [4.78, 5) is 15.9. The molecule has 0 spiro atoms. The summed E-state index contributed by atoms with van der Waals surface area (Å²) in [7, 11) is 1.44. The minimum atomic E-state index is -2.99. The summed E-state index contributed by atoms with van der Waals surface area (Å²) >= 11 is 0. The van der Waals surface area contributed by atoms with E-state index in [1.807, 2.05) is 32.0 Å². The Kier molecular flexibility index (Phi) is 6.62. The molecule has 39 heavy (non-hydrogen) atoms. The van der Waals surface area contributed by atoms with Crippen LogP contribution in [0.15, 0.2) is 54.6 Å². The van der Waals surface area contributed by atoms with Crippen LogP contribution in [0.5, 0.6) is 5.75 Å². The highest BCUT2D eigenvalue weighted by Gasteiger charge is 2.48. The van der Waals surface area contributed by atoms with Gasteiger partial charge in [0.25, 0.3) is 17.7 Å². The zero-order valence-electron chi connectivity index (χ0n) is 22.0. The summed E-state index contributed by atoms with van der Waals surface area (Å²) < 4.78 is 50.2. The van der Waals surface area contributed by atoms with Crippen LogP contribution in [0.25, 0.3) is 22.5 Å². The SMILES string of the molecule is COc1cc(F)c(-c2[nH]c(C)c(C(=O)Nc3cccc(C(F)(F)C4CC4)c3)[n+]2[O-])cc1-c1c(C)cccc1C. The van der Waals surface area contributed by atoms with E-state index in [-0.39, 0.29) is 34.0 Å². The van der Waals surface area contributed by atoms with E-state index in [1.165, 1.54) is 50.4 Å². The van der Waals surface area contributed by atoms with Crippen LogP contribution in [0.3, 0.4) is 0 Å². The van der Waals surface area contributed by atoms with Gasteiger partial charge in [-0.2, -0.15) is 0 Å². The predicted octanol–water partition coefficient (Wildman–Crippen LogP) is 6.81. The molecule has 0 aliphatic heterocycles. The third kappa shape index (κ3) is 4.73. The number of hydrogen-bond acceptors (Lipinski definition) is 3. The van der Waals surface area contributed by atoms with Crippen molar-refractivity contribution in [1.82, 2.24) is 4.98 Å². The monoisotopic (exact) mass is 535 g/mol. The van der Waals surface area contributed by atoms with Crippen molar-refractivity contribution >= 4 is 11.6 Å². The van der Waals surface area contributed by atoms with Crippen LogP contribution >= 0.6 is 0 Å². The van der Waals surface area contributed by atoms with Crippen molar-refractivity contribution in [2.45, 2.75) is 39.5 Å². The van der Waals surface area contributed by atoms with Gasteiger partial charge >= 0.3 is 0 Å². The lowest BCUT2D eigenvalue weighted by Gasteiger charge is -2.17. The van der Waals surface area contributed by atoms with E-state index in [9.17, 15) is 18.8 Å². The Morgan fingerprint density at radius 3 is 2.36 bits per heavy atom. The number of amides is 1. The number of ether oxygens (including phenoxy) is 1. The molecule has 1 aromatic heterocycles. The van der Waals surface area contributed by atoms with Gasteiger partial charge in [-0.1, -0.05) is 30.3 Å². The summed E-state index contributed by atoms with van der Waals surface area (Å²) in [6.07, 6.45) is 0.913. The number of hydrogen-bond donors (Lipinski definition) is 2. The van der Waals surface area contributed by atoms with E-state index in [1.54, 1.807) is 0 Å². The number of nitrogens with zero attached hydrogens (tertiary/aromatic N) is 1. The Morgan fingerprint density at radius 2 is 1.72 bits per heavy atom. The Labute approximate surface area is 224 Å². The van der Waals surface area contributed by atoms with Crippen LogP contribution in [0, 0.1) is 37.7 Å². The zero-order valence-corrected chi connectivity index (χ0v) is 22.0. The van der Waals surface area contributed by atoms with Crippen LogP contribution in [0.1, 0.15) is 45.7 Å². The van der Waals surface area contributed by atoms with Gasteiger partial charge in [-0.3, -0.25) is 4.79 Å². The van der Waals surface area contributed by atoms with Gasteiger partial charge in [-0.05, 0) is 61.6 Å². The second-order valence-corrected chi connectivity index (χ2v) is 9.97. The topological polar surface area (TPSA) is 81.1 Å². The van der Waals surface area contributed by atoms with Crippen molar-refractivity contribution in [3.8, 4) is 28.3 Å².